The minimum atomic E-state index is -0.662. The highest BCUT2D eigenvalue weighted by molar-refractivity contribution is 6.30. The molecule has 3 aromatic rings. The Balaban J connectivity index is 1.85. The number of halogens is 1. The molecule has 0 fully saturated rings. The Hall–Kier alpha value is -3.72. The van der Waals surface area contributed by atoms with Crippen LogP contribution in [0, 0.1) is 6.92 Å². The number of rotatable bonds is 6. The number of methoxy groups -OCH3 is 2. The van der Waals surface area contributed by atoms with Crippen LogP contribution in [0.3, 0.4) is 0 Å². The topological polar surface area (TPSA) is 112 Å². The molecule has 2 aromatic carbocycles. The van der Waals surface area contributed by atoms with Crippen molar-refractivity contribution in [2.45, 2.75) is 13.5 Å². The molecule has 0 radical (unpaired) electrons. The van der Waals surface area contributed by atoms with Crippen molar-refractivity contribution in [3.63, 3.8) is 0 Å². The van der Waals surface area contributed by atoms with Gasteiger partial charge in [-0.05, 0) is 42.8 Å². The van der Waals surface area contributed by atoms with Gasteiger partial charge in [-0.15, -0.1) is 5.10 Å². The smallest absolute Gasteiger partial charge is 0.337 e. The van der Waals surface area contributed by atoms with Gasteiger partial charge in [0.05, 0.1) is 37.6 Å². The van der Waals surface area contributed by atoms with E-state index in [9.17, 15) is 14.4 Å². The molecule has 10 heteroatoms. The Kier molecular flexibility index (Phi) is 6.66. The van der Waals surface area contributed by atoms with E-state index < -0.39 is 17.8 Å². The molecule has 0 saturated heterocycles. The minimum absolute atomic E-state index is 0.0852. The number of esters is 2. The molecule has 1 amide bonds. The lowest BCUT2D eigenvalue weighted by atomic mass is 10.1. The largest absolute Gasteiger partial charge is 0.465 e. The lowest BCUT2D eigenvalue weighted by Crippen LogP contribution is -2.16. The number of nitrogens with one attached hydrogen (secondary N) is 1. The van der Waals surface area contributed by atoms with Crippen molar-refractivity contribution >= 4 is 35.1 Å². The monoisotopic (exact) mass is 442 g/mol. The molecule has 0 spiro atoms. The van der Waals surface area contributed by atoms with Gasteiger partial charge in [0.15, 0.2) is 5.69 Å². The summed E-state index contributed by atoms with van der Waals surface area (Å²) in [4.78, 5) is 36.6. The first-order valence-corrected chi connectivity index (χ1v) is 9.47. The average Bonchev–Trinajstić information content (AvgIpc) is 3.12. The second-order valence-corrected chi connectivity index (χ2v) is 6.98. The maximum absolute atomic E-state index is 12.8. The first kappa shape index (κ1) is 22.0. The molecular weight excluding hydrogens is 424 g/mol. The van der Waals surface area contributed by atoms with Gasteiger partial charge in [0.1, 0.15) is 0 Å². The fraction of sp³-hybridized carbons (Fsp3) is 0.190. The second-order valence-electron chi connectivity index (χ2n) is 6.55. The number of aromatic nitrogens is 3. The molecule has 0 aliphatic heterocycles. The summed E-state index contributed by atoms with van der Waals surface area (Å²) in [7, 11) is 2.43. The third kappa shape index (κ3) is 5.07. The van der Waals surface area contributed by atoms with Crippen LogP contribution in [0.1, 0.15) is 42.5 Å². The zero-order valence-electron chi connectivity index (χ0n) is 17.0. The quantitative estimate of drug-likeness (QED) is 0.583. The fourth-order valence-electron chi connectivity index (χ4n) is 2.89. The minimum Gasteiger partial charge on any atom is -0.465 e. The maximum atomic E-state index is 12.8. The highest BCUT2D eigenvalue weighted by Gasteiger charge is 2.19. The molecule has 160 valence electrons. The summed E-state index contributed by atoms with van der Waals surface area (Å²) < 4.78 is 11.0. The van der Waals surface area contributed by atoms with Gasteiger partial charge in [-0.25, -0.2) is 14.3 Å². The molecule has 1 aromatic heterocycles. The van der Waals surface area contributed by atoms with Crippen LogP contribution in [0.15, 0.2) is 42.5 Å². The molecule has 0 saturated carbocycles. The van der Waals surface area contributed by atoms with E-state index in [1.165, 1.54) is 32.4 Å². The molecule has 3 rings (SSSR count). The molecule has 1 heterocycles. The van der Waals surface area contributed by atoms with E-state index in [2.05, 4.69) is 15.6 Å². The molecule has 1 N–H and O–H groups in total. The van der Waals surface area contributed by atoms with E-state index in [0.717, 1.165) is 5.56 Å². The number of anilines is 1. The van der Waals surface area contributed by atoms with E-state index >= 15 is 0 Å². The van der Waals surface area contributed by atoms with Gasteiger partial charge in [0, 0.05) is 10.7 Å². The molecule has 31 heavy (non-hydrogen) atoms. The Morgan fingerprint density at radius 1 is 1.03 bits per heavy atom. The van der Waals surface area contributed by atoms with E-state index in [0.29, 0.717) is 17.3 Å². The van der Waals surface area contributed by atoms with Crippen LogP contribution in [0.4, 0.5) is 5.69 Å². The number of hydrogen-bond acceptors (Lipinski definition) is 7. The molecule has 9 nitrogen and oxygen atoms in total. The summed E-state index contributed by atoms with van der Waals surface area (Å²) in [5, 5.41) is 11.2. The SMILES string of the molecule is COC(=O)c1cc(NC(=O)c2nnn(Cc3cccc(Cl)c3)c2C)cc(C(=O)OC)c1. The number of carbonyl (C=O) groups excluding carboxylic acids is 3. The molecule has 0 aliphatic carbocycles. The molecule has 0 atom stereocenters. The van der Waals surface area contributed by atoms with E-state index in [-0.39, 0.29) is 22.5 Å². The predicted octanol–water partition coefficient (Wildman–Crippen LogP) is 3.11. The van der Waals surface area contributed by atoms with Gasteiger partial charge in [0.2, 0.25) is 0 Å². The van der Waals surface area contributed by atoms with Crippen LogP contribution in [0.2, 0.25) is 5.02 Å². The Morgan fingerprint density at radius 2 is 1.68 bits per heavy atom. The molecule has 0 aliphatic rings. The number of ether oxygens (including phenoxy) is 2. The van der Waals surface area contributed by atoms with Gasteiger partial charge < -0.3 is 14.8 Å². The van der Waals surface area contributed by atoms with E-state index in [1.54, 1.807) is 23.7 Å². The van der Waals surface area contributed by atoms with Gasteiger partial charge >= 0.3 is 11.9 Å². The summed E-state index contributed by atoms with van der Waals surface area (Å²) in [6.45, 7) is 2.10. The van der Waals surface area contributed by atoms with Crippen LogP contribution in [0.5, 0.6) is 0 Å². The number of carbonyl (C=O) groups is 3. The van der Waals surface area contributed by atoms with E-state index in [1.807, 2.05) is 12.1 Å². The lowest BCUT2D eigenvalue weighted by molar-refractivity contribution is 0.0599. The van der Waals surface area contributed by atoms with Gasteiger partial charge in [-0.3, -0.25) is 4.79 Å². The van der Waals surface area contributed by atoms with Crippen molar-refractivity contribution in [1.82, 2.24) is 15.0 Å². The summed E-state index contributed by atoms with van der Waals surface area (Å²) in [5.74, 6) is -1.87. The van der Waals surface area contributed by atoms with Crippen LogP contribution in [0.25, 0.3) is 0 Å². The van der Waals surface area contributed by atoms with E-state index in [4.69, 9.17) is 21.1 Å². The van der Waals surface area contributed by atoms with Gasteiger partial charge in [0.25, 0.3) is 5.91 Å². The number of amides is 1. The molecule has 0 unspecified atom stereocenters. The number of benzene rings is 2. The summed E-state index contributed by atoms with van der Waals surface area (Å²) in [5.41, 5.74) is 1.92. The Morgan fingerprint density at radius 3 is 2.26 bits per heavy atom. The Labute approximate surface area is 182 Å². The summed E-state index contributed by atoms with van der Waals surface area (Å²) in [6, 6.07) is 11.4. The standard InChI is InChI=1S/C21H19ClN4O5/c1-12-18(24-25-26(12)11-13-5-4-6-16(22)7-13)19(27)23-17-9-14(20(28)30-2)8-15(10-17)21(29)31-3/h4-10H,11H2,1-3H3,(H,23,27). The maximum Gasteiger partial charge on any atom is 0.337 e. The highest BCUT2D eigenvalue weighted by atomic mass is 35.5. The van der Waals surface area contributed by atoms with Crippen molar-refractivity contribution in [2.24, 2.45) is 0 Å². The first-order chi connectivity index (χ1) is 14.8. The Bertz CT molecular complexity index is 1120. The number of nitrogens with zero attached hydrogens (tertiary/aromatic N) is 3. The second kappa shape index (κ2) is 9.40. The van der Waals surface area contributed by atoms with Gasteiger partial charge in [-0.1, -0.05) is 28.9 Å². The van der Waals surface area contributed by atoms with Crippen LogP contribution in [-0.2, 0) is 16.0 Å². The average molecular weight is 443 g/mol. The molecular formula is C21H19ClN4O5. The first-order valence-electron chi connectivity index (χ1n) is 9.10. The zero-order chi connectivity index (χ0) is 22.5. The lowest BCUT2D eigenvalue weighted by Gasteiger charge is -2.09. The van der Waals surface area contributed by atoms with Crippen molar-refractivity contribution in [1.29, 1.82) is 0 Å². The van der Waals surface area contributed by atoms with Crippen LogP contribution >= 0.6 is 11.6 Å². The van der Waals surface area contributed by atoms with Crippen LogP contribution in [-0.4, -0.2) is 47.1 Å². The number of hydrogen-bond donors (Lipinski definition) is 1. The molecule has 0 bridgehead atoms. The van der Waals surface area contributed by atoms with Crippen molar-refractivity contribution in [3.05, 3.63) is 75.6 Å². The third-order valence-corrected chi connectivity index (χ3v) is 4.69. The fourth-order valence-corrected chi connectivity index (χ4v) is 3.10. The summed E-state index contributed by atoms with van der Waals surface area (Å²) in [6.07, 6.45) is 0. The van der Waals surface area contributed by atoms with Gasteiger partial charge in [-0.2, -0.15) is 0 Å². The van der Waals surface area contributed by atoms with Crippen molar-refractivity contribution in [3.8, 4) is 0 Å². The zero-order valence-corrected chi connectivity index (χ0v) is 17.8. The normalized spacial score (nSPS) is 10.5. The summed E-state index contributed by atoms with van der Waals surface area (Å²) >= 11 is 6.01. The third-order valence-electron chi connectivity index (χ3n) is 4.45. The van der Waals surface area contributed by atoms with Crippen molar-refractivity contribution in [2.75, 3.05) is 19.5 Å². The predicted molar refractivity (Wildman–Crippen MR) is 112 cm³/mol. The van der Waals surface area contributed by atoms with Crippen molar-refractivity contribution < 1.29 is 23.9 Å². The highest BCUT2D eigenvalue weighted by Crippen LogP contribution is 2.19. The van der Waals surface area contributed by atoms with Crippen LogP contribution < -0.4 is 5.32 Å².